The molecule has 1 aromatic heterocycles. The Morgan fingerprint density at radius 3 is 2.88 bits per heavy atom. The molecule has 0 amide bonds. The van der Waals surface area contributed by atoms with Crippen LogP contribution in [0.5, 0.6) is 0 Å². The van der Waals surface area contributed by atoms with Gasteiger partial charge in [0.1, 0.15) is 5.82 Å². The SMILES string of the molecule is CCCc1csc(Cc2ccccc2F)n1. The van der Waals surface area contributed by atoms with Crippen molar-refractivity contribution in [2.45, 2.75) is 26.2 Å². The fourth-order valence-corrected chi connectivity index (χ4v) is 2.46. The molecule has 0 aliphatic heterocycles. The van der Waals surface area contributed by atoms with Gasteiger partial charge in [-0.05, 0) is 18.1 Å². The monoisotopic (exact) mass is 235 g/mol. The van der Waals surface area contributed by atoms with E-state index in [2.05, 4.69) is 17.3 Å². The van der Waals surface area contributed by atoms with Gasteiger partial charge < -0.3 is 0 Å². The molecule has 16 heavy (non-hydrogen) atoms. The molecule has 1 nitrogen and oxygen atoms in total. The van der Waals surface area contributed by atoms with Crippen molar-refractivity contribution in [3.05, 3.63) is 51.7 Å². The predicted molar refractivity (Wildman–Crippen MR) is 65.3 cm³/mol. The standard InChI is InChI=1S/C13H14FNS/c1-2-5-11-9-16-13(15-11)8-10-6-3-4-7-12(10)14/h3-4,6-7,9H,2,5,8H2,1H3. The third-order valence-corrected chi connectivity index (χ3v) is 3.30. The first kappa shape index (κ1) is 11.3. The van der Waals surface area contributed by atoms with Crippen molar-refractivity contribution in [1.29, 1.82) is 0 Å². The summed E-state index contributed by atoms with van der Waals surface area (Å²) in [6.45, 7) is 2.13. The van der Waals surface area contributed by atoms with Gasteiger partial charge in [0.2, 0.25) is 0 Å². The Balaban J connectivity index is 2.11. The lowest BCUT2D eigenvalue weighted by molar-refractivity contribution is 0.613. The van der Waals surface area contributed by atoms with Crippen molar-refractivity contribution in [3.63, 3.8) is 0 Å². The zero-order valence-electron chi connectivity index (χ0n) is 9.24. The summed E-state index contributed by atoms with van der Waals surface area (Å²) >= 11 is 1.62. The van der Waals surface area contributed by atoms with E-state index in [0.29, 0.717) is 6.42 Å². The molecule has 0 aliphatic rings. The number of rotatable bonds is 4. The van der Waals surface area contributed by atoms with Crippen LogP contribution >= 0.6 is 11.3 Å². The van der Waals surface area contributed by atoms with Crippen LogP contribution in [0.2, 0.25) is 0 Å². The second-order valence-corrected chi connectivity index (χ2v) is 4.69. The topological polar surface area (TPSA) is 12.9 Å². The molecular weight excluding hydrogens is 221 g/mol. The Hall–Kier alpha value is -1.22. The molecule has 0 spiro atoms. The van der Waals surface area contributed by atoms with Crippen LogP contribution in [0.15, 0.2) is 29.6 Å². The van der Waals surface area contributed by atoms with E-state index in [0.717, 1.165) is 29.1 Å². The first-order valence-electron chi connectivity index (χ1n) is 5.46. The van der Waals surface area contributed by atoms with Crippen LogP contribution in [-0.2, 0) is 12.8 Å². The minimum Gasteiger partial charge on any atom is -0.246 e. The second-order valence-electron chi connectivity index (χ2n) is 3.75. The van der Waals surface area contributed by atoms with Gasteiger partial charge >= 0.3 is 0 Å². The Kier molecular flexibility index (Phi) is 3.67. The molecule has 0 N–H and O–H groups in total. The molecule has 84 valence electrons. The summed E-state index contributed by atoms with van der Waals surface area (Å²) in [5, 5.41) is 3.06. The van der Waals surface area contributed by atoms with Crippen LogP contribution in [-0.4, -0.2) is 4.98 Å². The molecule has 0 unspecified atom stereocenters. The smallest absolute Gasteiger partial charge is 0.126 e. The number of hydrogen-bond donors (Lipinski definition) is 0. The lowest BCUT2D eigenvalue weighted by Gasteiger charge is -1.99. The van der Waals surface area contributed by atoms with E-state index in [1.165, 1.54) is 6.07 Å². The van der Waals surface area contributed by atoms with Crippen molar-refractivity contribution in [3.8, 4) is 0 Å². The molecule has 1 heterocycles. The van der Waals surface area contributed by atoms with Crippen molar-refractivity contribution in [2.75, 3.05) is 0 Å². The molecular formula is C13H14FNS. The van der Waals surface area contributed by atoms with Gasteiger partial charge in [-0.2, -0.15) is 0 Å². The summed E-state index contributed by atoms with van der Waals surface area (Å²) in [5.41, 5.74) is 1.85. The Morgan fingerprint density at radius 2 is 2.12 bits per heavy atom. The molecule has 0 aliphatic carbocycles. The quantitative estimate of drug-likeness (QED) is 0.785. The summed E-state index contributed by atoms with van der Waals surface area (Å²) in [4.78, 5) is 4.49. The molecule has 0 radical (unpaired) electrons. The third kappa shape index (κ3) is 2.67. The third-order valence-electron chi connectivity index (χ3n) is 2.40. The van der Waals surface area contributed by atoms with Gasteiger partial charge in [-0.25, -0.2) is 9.37 Å². The lowest BCUT2D eigenvalue weighted by Crippen LogP contribution is -1.92. The molecule has 0 saturated heterocycles. The molecule has 0 bridgehead atoms. The number of thiazole rings is 1. The lowest BCUT2D eigenvalue weighted by atomic mass is 10.1. The van der Waals surface area contributed by atoms with Crippen LogP contribution < -0.4 is 0 Å². The van der Waals surface area contributed by atoms with Gasteiger partial charge in [0.25, 0.3) is 0 Å². The van der Waals surface area contributed by atoms with E-state index < -0.39 is 0 Å². The van der Waals surface area contributed by atoms with E-state index in [1.807, 2.05) is 12.1 Å². The van der Waals surface area contributed by atoms with Crippen molar-refractivity contribution in [1.82, 2.24) is 4.98 Å². The van der Waals surface area contributed by atoms with Crippen LogP contribution in [0.25, 0.3) is 0 Å². The van der Waals surface area contributed by atoms with Gasteiger partial charge in [0.05, 0.1) is 10.7 Å². The second kappa shape index (κ2) is 5.21. The van der Waals surface area contributed by atoms with Crippen LogP contribution in [0.3, 0.4) is 0 Å². The normalized spacial score (nSPS) is 10.6. The van der Waals surface area contributed by atoms with Crippen molar-refractivity contribution >= 4 is 11.3 Å². The number of aryl methyl sites for hydroxylation is 1. The largest absolute Gasteiger partial charge is 0.246 e. The summed E-state index contributed by atoms with van der Waals surface area (Å²) in [6.07, 6.45) is 2.71. The minimum absolute atomic E-state index is 0.144. The Bertz CT molecular complexity index is 464. The summed E-state index contributed by atoms with van der Waals surface area (Å²) < 4.78 is 13.4. The predicted octanol–water partition coefficient (Wildman–Crippen LogP) is 3.83. The van der Waals surface area contributed by atoms with Crippen LogP contribution in [0.4, 0.5) is 4.39 Å². The fraction of sp³-hybridized carbons (Fsp3) is 0.308. The summed E-state index contributed by atoms with van der Waals surface area (Å²) in [7, 11) is 0. The molecule has 0 fully saturated rings. The molecule has 1 aromatic carbocycles. The maximum atomic E-state index is 13.4. The summed E-state index contributed by atoms with van der Waals surface area (Å²) in [5.74, 6) is -0.144. The summed E-state index contributed by atoms with van der Waals surface area (Å²) in [6, 6.07) is 6.88. The number of hydrogen-bond acceptors (Lipinski definition) is 2. The first-order valence-corrected chi connectivity index (χ1v) is 6.34. The van der Waals surface area contributed by atoms with E-state index >= 15 is 0 Å². The fourth-order valence-electron chi connectivity index (χ4n) is 1.61. The van der Waals surface area contributed by atoms with Crippen molar-refractivity contribution < 1.29 is 4.39 Å². The van der Waals surface area contributed by atoms with Gasteiger partial charge in [0.15, 0.2) is 0 Å². The highest BCUT2D eigenvalue weighted by Crippen LogP contribution is 2.17. The highest BCUT2D eigenvalue weighted by molar-refractivity contribution is 7.09. The zero-order valence-corrected chi connectivity index (χ0v) is 10.1. The molecule has 2 rings (SSSR count). The molecule has 0 atom stereocenters. The van der Waals surface area contributed by atoms with Crippen LogP contribution in [0.1, 0.15) is 29.6 Å². The van der Waals surface area contributed by atoms with E-state index in [1.54, 1.807) is 17.4 Å². The average Bonchev–Trinajstić information content (AvgIpc) is 2.70. The molecule has 3 heteroatoms. The van der Waals surface area contributed by atoms with Gasteiger partial charge in [-0.15, -0.1) is 11.3 Å². The highest BCUT2D eigenvalue weighted by atomic mass is 32.1. The molecule has 2 aromatic rings. The number of nitrogens with zero attached hydrogens (tertiary/aromatic N) is 1. The highest BCUT2D eigenvalue weighted by Gasteiger charge is 2.06. The van der Waals surface area contributed by atoms with E-state index in [-0.39, 0.29) is 5.82 Å². The average molecular weight is 235 g/mol. The number of halogens is 1. The van der Waals surface area contributed by atoms with Gasteiger partial charge in [-0.3, -0.25) is 0 Å². The first-order chi connectivity index (χ1) is 7.79. The maximum absolute atomic E-state index is 13.4. The van der Waals surface area contributed by atoms with E-state index in [9.17, 15) is 4.39 Å². The van der Waals surface area contributed by atoms with Gasteiger partial charge in [0, 0.05) is 11.8 Å². The zero-order chi connectivity index (χ0) is 11.4. The Morgan fingerprint density at radius 1 is 1.31 bits per heavy atom. The molecule has 0 saturated carbocycles. The maximum Gasteiger partial charge on any atom is 0.126 e. The van der Waals surface area contributed by atoms with Crippen molar-refractivity contribution in [2.24, 2.45) is 0 Å². The van der Waals surface area contributed by atoms with Crippen LogP contribution in [0, 0.1) is 5.82 Å². The number of benzene rings is 1. The van der Waals surface area contributed by atoms with E-state index in [4.69, 9.17) is 0 Å². The minimum atomic E-state index is -0.144. The van der Waals surface area contributed by atoms with Gasteiger partial charge in [-0.1, -0.05) is 31.5 Å². The number of aromatic nitrogens is 1. The Labute approximate surface area is 99.0 Å².